The number of ketones is 1. The Morgan fingerprint density at radius 1 is 1.12 bits per heavy atom. The highest BCUT2D eigenvalue weighted by Gasteiger charge is 2.79. The molecule has 25 heavy (non-hydrogen) atoms. The zero-order valence-electron chi connectivity index (χ0n) is 14.9. The zero-order chi connectivity index (χ0) is 18.4. The van der Waals surface area contributed by atoms with E-state index in [1.807, 2.05) is 0 Å². The van der Waals surface area contributed by atoms with E-state index in [0.717, 1.165) is 5.01 Å². The van der Waals surface area contributed by atoms with Crippen LogP contribution in [0.5, 0.6) is 0 Å². The second-order valence-corrected chi connectivity index (χ2v) is 6.20. The van der Waals surface area contributed by atoms with Gasteiger partial charge in [0.2, 0.25) is 0 Å². The molecule has 0 radical (unpaired) electrons. The van der Waals surface area contributed by atoms with Gasteiger partial charge in [0.15, 0.2) is 0 Å². The maximum absolute atomic E-state index is 12.7. The Labute approximate surface area is 146 Å². The van der Waals surface area contributed by atoms with E-state index in [1.165, 1.54) is 12.1 Å². The fraction of sp³-hybridized carbons (Fsp3) is 0.812. The molecule has 3 rings (SSSR count). The molecule has 1 saturated heterocycles. The number of nitrogens with zero attached hydrogens (tertiary/aromatic N) is 2. The molecule has 9 nitrogen and oxygen atoms in total. The Hall–Kier alpha value is -1.87. The van der Waals surface area contributed by atoms with E-state index in [9.17, 15) is 14.4 Å². The molecular formula is C16H24N2O7. The second-order valence-electron chi connectivity index (χ2n) is 6.20. The Bertz CT molecular complexity index is 583. The van der Waals surface area contributed by atoms with Crippen molar-refractivity contribution in [1.29, 1.82) is 0 Å². The van der Waals surface area contributed by atoms with Gasteiger partial charge in [-0.15, -0.1) is 0 Å². The number of rotatable bonds is 5. The van der Waals surface area contributed by atoms with Crippen LogP contribution in [0.2, 0.25) is 0 Å². The van der Waals surface area contributed by atoms with Crippen LogP contribution in [0.1, 0.15) is 27.2 Å². The Morgan fingerprint density at radius 3 is 2.32 bits per heavy atom. The lowest BCUT2D eigenvalue weighted by Crippen LogP contribution is -2.72. The van der Waals surface area contributed by atoms with Gasteiger partial charge < -0.3 is 18.9 Å². The number of carbonyl (C=O) groups excluding carboxylic acids is 3. The van der Waals surface area contributed by atoms with Crippen LogP contribution in [0.4, 0.5) is 9.59 Å². The molecule has 2 amide bonds. The van der Waals surface area contributed by atoms with Gasteiger partial charge in [0.05, 0.1) is 25.2 Å². The number of hydrogen-bond donors (Lipinski definition) is 0. The molecule has 140 valence electrons. The van der Waals surface area contributed by atoms with Crippen molar-refractivity contribution in [2.75, 3.05) is 26.9 Å². The molecular weight excluding hydrogens is 332 g/mol. The molecule has 0 aromatic heterocycles. The average Bonchev–Trinajstić information content (AvgIpc) is 3.13. The van der Waals surface area contributed by atoms with Gasteiger partial charge in [-0.1, -0.05) is 0 Å². The van der Waals surface area contributed by atoms with E-state index >= 15 is 0 Å². The van der Waals surface area contributed by atoms with Crippen molar-refractivity contribution in [2.45, 2.75) is 39.1 Å². The van der Waals surface area contributed by atoms with E-state index in [4.69, 9.17) is 18.9 Å². The van der Waals surface area contributed by atoms with Gasteiger partial charge in [-0.05, 0) is 26.7 Å². The molecule has 5 atom stereocenters. The third-order valence-electron chi connectivity index (χ3n) is 5.08. The predicted molar refractivity (Wildman–Crippen MR) is 83.0 cm³/mol. The molecule has 0 aromatic rings. The van der Waals surface area contributed by atoms with Crippen LogP contribution in [-0.2, 0) is 23.7 Å². The summed E-state index contributed by atoms with van der Waals surface area (Å²) in [5, 5.41) is 2.22. The van der Waals surface area contributed by atoms with Gasteiger partial charge in [-0.2, -0.15) is 5.01 Å². The number of hydrogen-bond acceptors (Lipinski definition) is 7. The minimum atomic E-state index is -1.71. The summed E-state index contributed by atoms with van der Waals surface area (Å²) in [7, 11) is 1.36. The molecule has 0 N–H and O–H groups in total. The number of hydrazine groups is 1. The smallest absolute Gasteiger partial charge is 0.433 e. The number of methoxy groups -OCH3 is 1. The van der Waals surface area contributed by atoms with Crippen LogP contribution < -0.4 is 0 Å². The SMILES string of the molecule is CCOC(=O)N1[C@H]2[C@H]3CC(=O)[C@H]([C@H]32)[C@](OC)(OCC)N1C(=O)OCC. The van der Waals surface area contributed by atoms with Crippen molar-refractivity contribution in [3.8, 4) is 0 Å². The molecule has 2 aliphatic carbocycles. The fourth-order valence-corrected chi connectivity index (χ4v) is 4.29. The van der Waals surface area contributed by atoms with Gasteiger partial charge in [-0.3, -0.25) is 4.79 Å². The fourth-order valence-electron chi connectivity index (χ4n) is 4.29. The summed E-state index contributed by atoms with van der Waals surface area (Å²) >= 11 is 0. The first-order valence-electron chi connectivity index (χ1n) is 8.63. The van der Waals surface area contributed by atoms with Crippen LogP contribution >= 0.6 is 0 Å². The van der Waals surface area contributed by atoms with Crippen molar-refractivity contribution in [3.05, 3.63) is 0 Å². The first-order valence-corrected chi connectivity index (χ1v) is 8.63. The molecule has 0 aromatic carbocycles. The van der Waals surface area contributed by atoms with Gasteiger partial charge in [0.25, 0.3) is 5.91 Å². The monoisotopic (exact) mass is 356 g/mol. The number of carbonyl (C=O) groups is 3. The third kappa shape index (κ3) is 2.40. The van der Waals surface area contributed by atoms with Crippen molar-refractivity contribution in [1.82, 2.24) is 10.0 Å². The highest BCUT2D eigenvalue weighted by Crippen LogP contribution is 2.64. The van der Waals surface area contributed by atoms with Gasteiger partial charge in [0.1, 0.15) is 5.78 Å². The van der Waals surface area contributed by atoms with E-state index in [-0.39, 0.29) is 43.5 Å². The van der Waals surface area contributed by atoms with Crippen molar-refractivity contribution in [2.24, 2.45) is 17.8 Å². The van der Waals surface area contributed by atoms with Gasteiger partial charge >= 0.3 is 12.2 Å². The normalized spacial score (nSPS) is 35.4. The van der Waals surface area contributed by atoms with Crippen LogP contribution in [0.3, 0.4) is 0 Å². The van der Waals surface area contributed by atoms with E-state index in [2.05, 4.69) is 0 Å². The van der Waals surface area contributed by atoms with Crippen LogP contribution in [0.25, 0.3) is 0 Å². The largest absolute Gasteiger partial charge is 0.448 e. The first-order chi connectivity index (χ1) is 12.0. The van der Waals surface area contributed by atoms with Crippen molar-refractivity contribution in [3.63, 3.8) is 0 Å². The summed E-state index contributed by atoms with van der Waals surface area (Å²) in [6.07, 6.45) is -1.15. The predicted octanol–water partition coefficient (Wildman–Crippen LogP) is 1.37. The molecule has 1 heterocycles. The lowest BCUT2D eigenvalue weighted by molar-refractivity contribution is -0.366. The Morgan fingerprint density at radius 2 is 1.76 bits per heavy atom. The first kappa shape index (κ1) is 17.9. The Kier molecular flexibility index (Phi) is 4.63. The highest BCUT2D eigenvalue weighted by molar-refractivity contribution is 5.89. The quantitative estimate of drug-likeness (QED) is 0.687. The molecule has 3 aliphatic rings. The summed E-state index contributed by atoms with van der Waals surface area (Å²) in [6, 6.07) is -0.283. The van der Waals surface area contributed by atoms with E-state index < -0.39 is 24.0 Å². The minimum absolute atomic E-state index is 0.0173. The van der Waals surface area contributed by atoms with E-state index in [0.29, 0.717) is 6.42 Å². The summed E-state index contributed by atoms with van der Waals surface area (Å²) in [4.78, 5) is 37.8. The number of ether oxygens (including phenoxy) is 4. The topological polar surface area (TPSA) is 94.6 Å². The minimum Gasteiger partial charge on any atom is -0.448 e. The lowest BCUT2D eigenvalue weighted by atomic mass is 9.93. The number of amides is 2. The Balaban J connectivity index is 2.08. The third-order valence-corrected chi connectivity index (χ3v) is 5.08. The lowest BCUT2D eigenvalue weighted by Gasteiger charge is -2.51. The van der Waals surface area contributed by atoms with E-state index in [1.54, 1.807) is 20.8 Å². The summed E-state index contributed by atoms with van der Waals surface area (Å²) in [5.41, 5.74) is 0. The molecule has 0 unspecified atom stereocenters. The summed E-state index contributed by atoms with van der Waals surface area (Å²) in [5.74, 6) is -2.51. The zero-order valence-corrected chi connectivity index (χ0v) is 14.9. The van der Waals surface area contributed by atoms with Crippen molar-refractivity contribution >= 4 is 18.0 Å². The van der Waals surface area contributed by atoms with Crippen LogP contribution in [0.15, 0.2) is 0 Å². The molecule has 1 aliphatic heterocycles. The number of Topliss-reactive ketones (excluding diaryl/α,β-unsaturated/α-hetero) is 1. The van der Waals surface area contributed by atoms with Gasteiger partial charge in [-0.25, -0.2) is 14.6 Å². The molecule has 0 spiro atoms. The number of fused-ring (bicyclic) bond motifs is 1. The standard InChI is InChI=1S/C16H24N2O7/c1-5-23-14(20)17-13-9-8-10(19)12(11(9)13)16(22-4,25-7-3)18(17)15(21)24-6-2/h9,11-13H,5-8H2,1-4H3/t9-,11-,12+,13-,16-/m0/s1. The van der Waals surface area contributed by atoms with Crippen LogP contribution in [-0.4, -0.2) is 66.9 Å². The molecule has 9 heteroatoms. The summed E-state index contributed by atoms with van der Waals surface area (Å²) < 4.78 is 21.6. The van der Waals surface area contributed by atoms with Crippen LogP contribution in [0, 0.1) is 17.8 Å². The maximum Gasteiger partial charge on any atom is 0.433 e. The molecule has 3 fully saturated rings. The van der Waals surface area contributed by atoms with Crippen molar-refractivity contribution < 1.29 is 33.3 Å². The molecule has 2 saturated carbocycles. The molecule has 0 bridgehead atoms. The van der Waals surface area contributed by atoms with Gasteiger partial charge in [0, 0.05) is 26.1 Å². The second kappa shape index (κ2) is 6.45. The maximum atomic E-state index is 12.7. The highest BCUT2D eigenvalue weighted by atomic mass is 16.7. The average molecular weight is 356 g/mol. The summed E-state index contributed by atoms with van der Waals surface area (Å²) in [6.45, 7) is 5.52.